The van der Waals surface area contributed by atoms with Crippen LogP contribution in [0, 0.1) is 18.8 Å². The van der Waals surface area contributed by atoms with Crippen molar-refractivity contribution in [2.24, 2.45) is 11.8 Å². The molecule has 0 spiro atoms. The van der Waals surface area contributed by atoms with Crippen LogP contribution in [0.25, 0.3) is 0 Å². The van der Waals surface area contributed by atoms with Crippen LogP contribution in [-0.4, -0.2) is 22.9 Å². The molecule has 0 aromatic carbocycles. The van der Waals surface area contributed by atoms with Gasteiger partial charge in [0.1, 0.15) is 0 Å². The monoisotopic (exact) mass is 311 g/mol. The highest BCUT2D eigenvalue weighted by molar-refractivity contribution is 6.31. The Morgan fingerprint density at radius 3 is 2.57 bits per heavy atom. The maximum atomic E-state index is 6.51. The summed E-state index contributed by atoms with van der Waals surface area (Å²) in [5.74, 6) is 1.52. The van der Waals surface area contributed by atoms with E-state index in [0.717, 1.165) is 48.6 Å². The van der Waals surface area contributed by atoms with Crippen LogP contribution >= 0.6 is 11.6 Å². The number of nitrogens with zero attached hydrogens (tertiary/aromatic N) is 2. The number of nitrogens with one attached hydrogen (secondary N) is 1. The molecule has 3 nitrogen and oxygen atoms in total. The minimum atomic E-state index is 0.741. The highest BCUT2D eigenvalue weighted by Gasteiger charge is 2.26. The van der Waals surface area contributed by atoms with Gasteiger partial charge in [0.05, 0.1) is 16.4 Å². The topological polar surface area (TPSA) is 29.9 Å². The number of halogens is 1. The number of rotatable bonds is 6. The molecule has 2 atom stereocenters. The fraction of sp³-hybridized carbons (Fsp3) is 0.824. The van der Waals surface area contributed by atoms with Crippen molar-refractivity contribution < 1.29 is 0 Å². The molecule has 4 heteroatoms. The predicted octanol–water partition coefficient (Wildman–Crippen LogP) is 4.21. The first-order valence-electron chi connectivity index (χ1n) is 8.59. The maximum absolute atomic E-state index is 6.51. The van der Waals surface area contributed by atoms with Gasteiger partial charge in [0.15, 0.2) is 0 Å². The van der Waals surface area contributed by atoms with E-state index in [9.17, 15) is 0 Å². The molecular weight excluding hydrogens is 282 g/mol. The molecule has 2 unspecified atom stereocenters. The summed E-state index contributed by atoms with van der Waals surface area (Å²) in [6.07, 6.45) is 7.91. The average molecular weight is 312 g/mol. The highest BCUT2D eigenvalue weighted by Crippen LogP contribution is 2.33. The minimum Gasteiger partial charge on any atom is -0.317 e. The summed E-state index contributed by atoms with van der Waals surface area (Å²) < 4.78 is 2.10. The Bertz CT molecular complexity index is 441. The highest BCUT2D eigenvalue weighted by atomic mass is 35.5. The van der Waals surface area contributed by atoms with Gasteiger partial charge in [-0.05, 0) is 58.0 Å². The van der Waals surface area contributed by atoms with Crippen molar-refractivity contribution in [2.45, 2.75) is 65.8 Å². The molecule has 1 aromatic rings. The number of hydrogen-bond donors (Lipinski definition) is 1. The first-order valence-corrected chi connectivity index (χ1v) is 8.97. The second-order valence-corrected chi connectivity index (χ2v) is 6.71. The molecule has 0 amide bonds. The lowest BCUT2D eigenvalue weighted by Crippen LogP contribution is -2.29. The van der Waals surface area contributed by atoms with Gasteiger partial charge in [-0.1, -0.05) is 37.8 Å². The van der Waals surface area contributed by atoms with Crippen molar-refractivity contribution in [1.29, 1.82) is 0 Å². The quantitative estimate of drug-likeness (QED) is 0.797. The molecule has 2 rings (SSSR count). The van der Waals surface area contributed by atoms with E-state index in [1.807, 2.05) is 6.92 Å². The summed E-state index contributed by atoms with van der Waals surface area (Å²) >= 11 is 6.51. The second kappa shape index (κ2) is 8.19. The molecule has 1 N–H and O–H groups in total. The molecule has 1 aromatic heterocycles. The lowest BCUT2D eigenvalue weighted by Gasteiger charge is -2.26. The van der Waals surface area contributed by atoms with Crippen molar-refractivity contribution in [3.8, 4) is 0 Å². The molecule has 1 heterocycles. The zero-order chi connectivity index (χ0) is 15.2. The molecule has 120 valence electrons. The van der Waals surface area contributed by atoms with E-state index in [4.69, 9.17) is 11.6 Å². The Kier molecular flexibility index (Phi) is 6.56. The van der Waals surface area contributed by atoms with Gasteiger partial charge in [-0.25, -0.2) is 0 Å². The molecule has 1 fully saturated rings. The van der Waals surface area contributed by atoms with E-state index in [-0.39, 0.29) is 0 Å². The summed E-state index contributed by atoms with van der Waals surface area (Å²) in [6, 6.07) is 0. The van der Waals surface area contributed by atoms with Crippen LogP contribution < -0.4 is 5.32 Å². The van der Waals surface area contributed by atoms with Crippen LogP contribution in [0.15, 0.2) is 0 Å². The molecule has 0 radical (unpaired) electrons. The third-order valence-corrected chi connectivity index (χ3v) is 5.37. The van der Waals surface area contributed by atoms with E-state index in [1.165, 1.54) is 37.8 Å². The largest absolute Gasteiger partial charge is 0.317 e. The first-order chi connectivity index (χ1) is 10.2. The van der Waals surface area contributed by atoms with Crippen molar-refractivity contribution in [3.63, 3.8) is 0 Å². The van der Waals surface area contributed by atoms with Gasteiger partial charge in [0, 0.05) is 6.54 Å². The summed E-state index contributed by atoms with van der Waals surface area (Å²) in [6.45, 7) is 9.48. The number of aryl methyl sites for hydroxylation is 2. The van der Waals surface area contributed by atoms with Crippen molar-refractivity contribution in [1.82, 2.24) is 15.1 Å². The zero-order valence-electron chi connectivity index (χ0n) is 13.8. The molecule has 0 aliphatic heterocycles. The van der Waals surface area contributed by atoms with Crippen LogP contribution in [0.2, 0.25) is 5.02 Å². The van der Waals surface area contributed by atoms with Crippen molar-refractivity contribution >= 4 is 11.6 Å². The van der Waals surface area contributed by atoms with E-state index in [1.54, 1.807) is 0 Å². The Hall–Kier alpha value is -0.540. The Morgan fingerprint density at radius 2 is 1.90 bits per heavy atom. The fourth-order valence-corrected chi connectivity index (χ4v) is 3.85. The number of aromatic nitrogens is 2. The summed E-state index contributed by atoms with van der Waals surface area (Å²) in [4.78, 5) is 0. The van der Waals surface area contributed by atoms with Gasteiger partial charge in [0.2, 0.25) is 0 Å². The molecule has 21 heavy (non-hydrogen) atoms. The third kappa shape index (κ3) is 4.23. The molecule has 0 bridgehead atoms. The van der Waals surface area contributed by atoms with Crippen molar-refractivity contribution in [2.75, 3.05) is 13.1 Å². The van der Waals surface area contributed by atoms with E-state index < -0.39 is 0 Å². The minimum absolute atomic E-state index is 0.741. The SMILES string of the molecule is CCNCC1CCCCCC1Cc1c(Cl)c(C)nn1CC. The van der Waals surface area contributed by atoms with Gasteiger partial charge in [-0.3, -0.25) is 4.68 Å². The van der Waals surface area contributed by atoms with Crippen molar-refractivity contribution in [3.05, 3.63) is 16.4 Å². The van der Waals surface area contributed by atoms with Crippen LogP contribution in [-0.2, 0) is 13.0 Å². The fourth-order valence-electron chi connectivity index (χ4n) is 3.64. The normalized spacial score (nSPS) is 23.2. The standard InChI is InChI=1S/C17H30ClN3/c1-4-19-12-15-10-8-6-7-9-14(15)11-16-17(18)13(3)20-21(16)5-2/h14-15,19H,4-12H2,1-3H3. The average Bonchev–Trinajstić information content (AvgIpc) is 2.67. The van der Waals surface area contributed by atoms with E-state index >= 15 is 0 Å². The Morgan fingerprint density at radius 1 is 1.19 bits per heavy atom. The molecule has 1 aliphatic carbocycles. The van der Waals surface area contributed by atoms with Gasteiger partial charge in [-0.15, -0.1) is 0 Å². The second-order valence-electron chi connectivity index (χ2n) is 6.33. The first kappa shape index (κ1) is 16.8. The molecular formula is C17H30ClN3. The van der Waals surface area contributed by atoms with Gasteiger partial charge >= 0.3 is 0 Å². The van der Waals surface area contributed by atoms with Gasteiger partial charge in [-0.2, -0.15) is 5.10 Å². The maximum Gasteiger partial charge on any atom is 0.0847 e. The summed E-state index contributed by atoms with van der Waals surface area (Å²) in [5, 5.41) is 9.02. The third-order valence-electron chi connectivity index (χ3n) is 4.88. The van der Waals surface area contributed by atoms with Crippen LogP contribution in [0.4, 0.5) is 0 Å². The predicted molar refractivity (Wildman–Crippen MR) is 90.0 cm³/mol. The molecule has 0 saturated heterocycles. The van der Waals surface area contributed by atoms with E-state index in [0.29, 0.717) is 0 Å². The Balaban J connectivity index is 2.13. The lowest BCUT2D eigenvalue weighted by molar-refractivity contribution is 0.294. The lowest BCUT2D eigenvalue weighted by atomic mass is 9.84. The summed E-state index contributed by atoms with van der Waals surface area (Å²) in [7, 11) is 0. The number of hydrogen-bond acceptors (Lipinski definition) is 2. The Labute approximate surface area is 134 Å². The summed E-state index contributed by atoms with van der Waals surface area (Å²) in [5.41, 5.74) is 2.23. The van der Waals surface area contributed by atoms with Gasteiger partial charge < -0.3 is 5.32 Å². The van der Waals surface area contributed by atoms with Crippen LogP contribution in [0.5, 0.6) is 0 Å². The van der Waals surface area contributed by atoms with Crippen LogP contribution in [0.1, 0.15) is 57.3 Å². The van der Waals surface area contributed by atoms with Gasteiger partial charge in [0.25, 0.3) is 0 Å². The molecule has 1 aliphatic rings. The van der Waals surface area contributed by atoms with E-state index in [2.05, 4.69) is 28.9 Å². The zero-order valence-corrected chi connectivity index (χ0v) is 14.5. The molecule has 1 saturated carbocycles. The van der Waals surface area contributed by atoms with Crippen LogP contribution in [0.3, 0.4) is 0 Å². The smallest absolute Gasteiger partial charge is 0.0847 e.